The van der Waals surface area contributed by atoms with Gasteiger partial charge < -0.3 is 5.73 Å². The summed E-state index contributed by atoms with van der Waals surface area (Å²) in [7, 11) is 0. The van der Waals surface area contributed by atoms with Gasteiger partial charge in [-0.2, -0.15) is 5.10 Å². The first-order valence-corrected chi connectivity index (χ1v) is 6.35. The molecule has 0 bridgehead atoms. The maximum atomic E-state index is 13.3. The molecule has 0 radical (unpaired) electrons. The van der Waals surface area contributed by atoms with Gasteiger partial charge in [-0.1, -0.05) is 42.5 Å². The molecule has 0 atom stereocenters. The van der Waals surface area contributed by atoms with Crippen molar-refractivity contribution >= 4 is 5.69 Å². The van der Waals surface area contributed by atoms with E-state index in [1.54, 1.807) is 23.0 Å². The summed E-state index contributed by atoms with van der Waals surface area (Å²) in [4.78, 5) is 0. The Balaban J connectivity index is 1.91. The standard InChI is InChI=1S/C16H14FN3/c17-14-8-4-7-13(9-14)16-15(18)11-20(19-16)10-12-5-2-1-3-6-12/h1-9,11H,10,18H2. The smallest absolute Gasteiger partial charge is 0.123 e. The van der Waals surface area contributed by atoms with Crippen LogP contribution in [0.3, 0.4) is 0 Å². The summed E-state index contributed by atoms with van der Waals surface area (Å²) in [5.41, 5.74) is 8.96. The Kier molecular flexibility index (Phi) is 3.21. The normalized spacial score (nSPS) is 10.7. The van der Waals surface area contributed by atoms with E-state index >= 15 is 0 Å². The molecule has 0 aliphatic heterocycles. The van der Waals surface area contributed by atoms with Gasteiger partial charge in [-0.05, 0) is 17.7 Å². The Morgan fingerprint density at radius 3 is 2.60 bits per heavy atom. The van der Waals surface area contributed by atoms with Crippen molar-refractivity contribution in [3.8, 4) is 11.3 Å². The average molecular weight is 267 g/mol. The molecule has 0 saturated heterocycles. The third-order valence-electron chi connectivity index (χ3n) is 3.08. The van der Waals surface area contributed by atoms with Gasteiger partial charge in [0.25, 0.3) is 0 Å². The van der Waals surface area contributed by atoms with Crippen molar-refractivity contribution in [1.82, 2.24) is 9.78 Å². The van der Waals surface area contributed by atoms with Crippen LogP contribution in [0.4, 0.5) is 10.1 Å². The molecule has 3 aromatic rings. The molecule has 1 heterocycles. The summed E-state index contributed by atoms with van der Waals surface area (Å²) in [5.74, 6) is -0.292. The molecule has 3 rings (SSSR count). The Bertz CT molecular complexity index is 720. The van der Waals surface area contributed by atoms with E-state index in [1.165, 1.54) is 12.1 Å². The van der Waals surface area contributed by atoms with Crippen molar-refractivity contribution in [1.29, 1.82) is 0 Å². The third-order valence-corrected chi connectivity index (χ3v) is 3.08. The molecular formula is C16H14FN3. The maximum absolute atomic E-state index is 13.3. The van der Waals surface area contributed by atoms with E-state index in [-0.39, 0.29) is 5.82 Å². The van der Waals surface area contributed by atoms with Gasteiger partial charge in [0.15, 0.2) is 0 Å². The van der Waals surface area contributed by atoms with E-state index in [9.17, 15) is 4.39 Å². The van der Waals surface area contributed by atoms with Crippen molar-refractivity contribution in [2.75, 3.05) is 5.73 Å². The van der Waals surface area contributed by atoms with E-state index in [1.807, 2.05) is 30.3 Å². The fourth-order valence-corrected chi connectivity index (χ4v) is 2.15. The van der Waals surface area contributed by atoms with Crippen molar-refractivity contribution in [2.24, 2.45) is 0 Å². The quantitative estimate of drug-likeness (QED) is 0.791. The number of nitrogens with zero attached hydrogens (tertiary/aromatic N) is 2. The van der Waals surface area contributed by atoms with Gasteiger partial charge in [-0.3, -0.25) is 4.68 Å². The molecule has 20 heavy (non-hydrogen) atoms. The lowest BCUT2D eigenvalue weighted by Crippen LogP contribution is -2.00. The highest BCUT2D eigenvalue weighted by Gasteiger charge is 2.09. The van der Waals surface area contributed by atoms with Crippen molar-refractivity contribution in [3.63, 3.8) is 0 Å². The summed E-state index contributed by atoms with van der Waals surface area (Å²) in [6.45, 7) is 0.639. The molecule has 100 valence electrons. The third kappa shape index (κ3) is 2.54. The zero-order chi connectivity index (χ0) is 13.9. The number of hydrogen-bond donors (Lipinski definition) is 1. The first kappa shape index (κ1) is 12.4. The van der Waals surface area contributed by atoms with E-state index in [4.69, 9.17) is 5.73 Å². The molecule has 0 amide bonds. The van der Waals surface area contributed by atoms with Gasteiger partial charge >= 0.3 is 0 Å². The Morgan fingerprint density at radius 1 is 1.05 bits per heavy atom. The minimum Gasteiger partial charge on any atom is -0.396 e. The summed E-state index contributed by atoms with van der Waals surface area (Å²) in [5, 5.41) is 4.44. The Hall–Kier alpha value is -2.62. The van der Waals surface area contributed by atoms with Crippen molar-refractivity contribution in [3.05, 3.63) is 72.2 Å². The molecule has 3 nitrogen and oxygen atoms in total. The summed E-state index contributed by atoms with van der Waals surface area (Å²) >= 11 is 0. The monoisotopic (exact) mass is 267 g/mol. The number of hydrogen-bond acceptors (Lipinski definition) is 2. The van der Waals surface area contributed by atoms with Crippen LogP contribution in [-0.2, 0) is 6.54 Å². The summed E-state index contributed by atoms with van der Waals surface area (Å²) in [6, 6.07) is 16.3. The number of rotatable bonds is 3. The number of aromatic nitrogens is 2. The number of halogens is 1. The van der Waals surface area contributed by atoms with Gasteiger partial charge in [0, 0.05) is 11.8 Å². The lowest BCUT2D eigenvalue weighted by atomic mass is 10.1. The number of anilines is 1. The largest absolute Gasteiger partial charge is 0.396 e. The summed E-state index contributed by atoms with van der Waals surface area (Å²) < 4.78 is 15.0. The van der Waals surface area contributed by atoms with Crippen LogP contribution >= 0.6 is 0 Å². The zero-order valence-electron chi connectivity index (χ0n) is 10.8. The number of nitrogen functional groups attached to an aromatic ring is 1. The van der Waals surface area contributed by atoms with Crippen LogP contribution in [0.2, 0.25) is 0 Å². The zero-order valence-corrected chi connectivity index (χ0v) is 10.8. The highest BCUT2D eigenvalue weighted by molar-refractivity contribution is 5.71. The number of benzene rings is 2. The van der Waals surface area contributed by atoms with Crippen LogP contribution in [0.25, 0.3) is 11.3 Å². The van der Waals surface area contributed by atoms with Gasteiger partial charge in [0.1, 0.15) is 11.5 Å². The molecule has 4 heteroatoms. The highest BCUT2D eigenvalue weighted by atomic mass is 19.1. The van der Waals surface area contributed by atoms with Crippen LogP contribution < -0.4 is 5.73 Å². The lowest BCUT2D eigenvalue weighted by molar-refractivity contribution is 0.628. The predicted octanol–water partition coefficient (Wildman–Crippen LogP) is 3.32. The van der Waals surface area contributed by atoms with E-state index in [2.05, 4.69) is 5.10 Å². The molecule has 0 fully saturated rings. The molecule has 0 aliphatic rings. The molecular weight excluding hydrogens is 253 g/mol. The molecule has 0 unspecified atom stereocenters. The fraction of sp³-hybridized carbons (Fsp3) is 0.0625. The second-order valence-electron chi connectivity index (χ2n) is 4.63. The van der Waals surface area contributed by atoms with Crippen LogP contribution in [0.15, 0.2) is 60.8 Å². The lowest BCUT2D eigenvalue weighted by Gasteiger charge is -2.01. The topological polar surface area (TPSA) is 43.8 Å². The Morgan fingerprint density at radius 2 is 1.85 bits per heavy atom. The van der Waals surface area contributed by atoms with Crippen LogP contribution in [0.5, 0.6) is 0 Å². The van der Waals surface area contributed by atoms with E-state index in [0.29, 0.717) is 23.5 Å². The molecule has 2 N–H and O–H groups in total. The van der Waals surface area contributed by atoms with Crippen LogP contribution in [0.1, 0.15) is 5.56 Å². The molecule has 0 saturated carbocycles. The minimum atomic E-state index is -0.292. The van der Waals surface area contributed by atoms with Crippen molar-refractivity contribution in [2.45, 2.75) is 6.54 Å². The second kappa shape index (κ2) is 5.17. The van der Waals surface area contributed by atoms with E-state index < -0.39 is 0 Å². The van der Waals surface area contributed by atoms with Gasteiger partial charge in [0.2, 0.25) is 0 Å². The first-order valence-electron chi connectivity index (χ1n) is 6.35. The first-order chi connectivity index (χ1) is 9.72. The molecule has 1 aromatic heterocycles. The molecule has 2 aromatic carbocycles. The average Bonchev–Trinajstić information content (AvgIpc) is 2.81. The predicted molar refractivity (Wildman–Crippen MR) is 77.6 cm³/mol. The van der Waals surface area contributed by atoms with Crippen molar-refractivity contribution < 1.29 is 4.39 Å². The van der Waals surface area contributed by atoms with Crippen LogP contribution in [-0.4, -0.2) is 9.78 Å². The molecule has 0 spiro atoms. The SMILES string of the molecule is Nc1cn(Cc2ccccc2)nc1-c1cccc(F)c1. The van der Waals surface area contributed by atoms with Crippen LogP contribution in [0, 0.1) is 5.82 Å². The highest BCUT2D eigenvalue weighted by Crippen LogP contribution is 2.24. The maximum Gasteiger partial charge on any atom is 0.123 e. The fourth-order valence-electron chi connectivity index (χ4n) is 2.15. The molecule has 0 aliphatic carbocycles. The second-order valence-corrected chi connectivity index (χ2v) is 4.63. The Labute approximate surface area is 116 Å². The minimum absolute atomic E-state index is 0.292. The van der Waals surface area contributed by atoms with Gasteiger partial charge in [0.05, 0.1) is 12.2 Å². The summed E-state index contributed by atoms with van der Waals surface area (Å²) in [6.07, 6.45) is 1.77. The number of nitrogens with two attached hydrogens (primary N) is 1. The van der Waals surface area contributed by atoms with Gasteiger partial charge in [-0.25, -0.2) is 4.39 Å². The van der Waals surface area contributed by atoms with Gasteiger partial charge in [-0.15, -0.1) is 0 Å². The van der Waals surface area contributed by atoms with E-state index in [0.717, 1.165) is 5.56 Å².